The van der Waals surface area contributed by atoms with Crippen molar-refractivity contribution in [3.05, 3.63) is 23.8 Å². The van der Waals surface area contributed by atoms with E-state index in [0.29, 0.717) is 0 Å². The number of carboxylic acids is 1. The molecule has 0 saturated carbocycles. The number of carbonyl (C=O) groups excluding carboxylic acids is 1. The average molecular weight is 198 g/mol. The molecule has 0 fully saturated rings. The quantitative estimate of drug-likeness (QED) is 0.652. The fourth-order valence-corrected chi connectivity index (χ4v) is 1.14. The van der Waals surface area contributed by atoms with Gasteiger partial charge in [-0.05, 0) is 18.2 Å². The van der Waals surface area contributed by atoms with Gasteiger partial charge in [-0.15, -0.1) is 0 Å². The minimum absolute atomic E-state index is 0.0340. The number of carbonyl (C=O) groups is 2. The SMILES string of the molecule is COC1(OC)C=C(C(=O)O)C=CC1=O. The third-order valence-corrected chi connectivity index (χ3v) is 1.96. The van der Waals surface area contributed by atoms with Crippen LogP contribution < -0.4 is 0 Å². The van der Waals surface area contributed by atoms with Crippen molar-refractivity contribution in [1.82, 2.24) is 0 Å². The van der Waals surface area contributed by atoms with Crippen molar-refractivity contribution in [3.8, 4) is 0 Å². The Morgan fingerprint density at radius 2 is 1.93 bits per heavy atom. The fraction of sp³-hybridized carbons (Fsp3) is 0.333. The molecule has 0 spiro atoms. The lowest BCUT2D eigenvalue weighted by Gasteiger charge is -2.26. The first kappa shape index (κ1) is 10.6. The van der Waals surface area contributed by atoms with Crippen molar-refractivity contribution >= 4 is 11.8 Å². The van der Waals surface area contributed by atoms with E-state index in [1.165, 1.54) is 20.3 Å². The highest BCUT2D eigenvalue weighted by Crippen LogP contribution is 2.22. The van der Waals surface area contributed by atoms with Gasteiger partial charge >= 0.3 is 5.97 Å². The Labute approximate surface area is 80.6 Å². The van der Waals surface area contributed by atoms with E-state index in [0.717, 1.165) is 12.2 Å². The highest BCUT2D eigenvalue weighted by molar-refractivity contribution is 6.04. The summed E-state index contributed by atoms with van der Waals surface area (Å²) in [4.78, 5) is 22.0. The topological polar surface area (TPSA) is 72.8 Å². The zero-order valence-corrected chi connectivity index (χ0v) is 7.81. The Kier molecular flexibility index (Phi) is 2.83. The minimum Gasteiger partial charge on any atom is -0.478 e. The molecule has 1 aliphatic rings. The molecule has 0 heterocycles. The molecule has 0 saturated heterocycles. The summed E-state index contributed by atoms with van der Waals surface area (Å²) in [7, 11) is 2.55. The van der Waals surface area contributed by atoms with Crippen molar-refractivity contribution in [1.29, 1.82) is 0 Å². The number of hydrogen-bond donors (Lipinski definition) is 1. The Morgan fingerprint density at radius 1 is 1.36 bits per heavy atom. The number of carboxylic acid groups (broad SMARTS) is 1. The van der Waals surface area contributed by atoms with Gasteiger partial charge in [-0.1, -0.05) is 0 Å². The van der Waals surface area contributed by atoms with Gasteiger partial charge in [0.15, 0.2) is 0 Å². The first-order valence-electron chi connectivity index (χ1n) is 3.84. The van der Waals surface area contributed by atoms with Crippen LogP contribution in [0.15, 0.2) is 23.8 Å². The zero-order valence-electron chi connectivity index (χ0n) is 7.81. The summed E-state index contributed by atoms with van der Waals surface area (Å²) in [6, 6.07) is 0. The molecule has 1 N–H and O–H groups in total. The van der Waals surface area contributed by atoms with Gasteiger partial charge in [0.2, 0.25) is 5.78 Å². The summed E-state index contributed by atoms with van der Waals surface area (Å²) in [6.45, 7) is 0. The lowest BCUT2D eigenvalue weighted by atomic mass is 10.0. The second-order valence-corrected chi connectivity index (χ2v) is 2.68. The maximum absolute atomic E-state index is 11.4. The van der Waals surface area contributed by atoms with Gasteiger partial charge in [0.25, 0.3) is 5.79 Å². The van der Waals surface area contributed by atoms with Crippen molar-refractivity contribution < 1.29 is 24.2 Å². The molecule has 76 valence electrons. The van der Waals surface area contributed by atoms with Gasteiger partial charge in [0, 0.05) is 14.2 Å². The average Bonchev–Trinajstić information content (AvgIpc) is 2.19. The van der Waals surface area contributed by atoms with Crippen LogP contribution in [0, 0.1) is 0 Å². The molecule has 0 aromatic rings. The molecule has 14 heavy (non-hydrogen) atoms. The van der Waals surface area contributed by atoms with Crippen LogP contribution >= 0.6 is 0 Å². The third-order valence-electron chi connectivity index (χ3n) is 1.96. The summed E-state index contributed by atoms with van der Waals surface area (Å²) < 4.78 is 9.72. The van der Waals surface area contributed by atoms with Crippen LogP contribution in [-0.4, -0.2) is 36.9 Å². The van der Waals surface area contributed by atoms with E-state index < -0.39 is 17.5 Å². The summed E-state index contributed by atoms with van der Waals surface area (Å²) >= 11 is 0. The monoisotopic (exact) mass is 198 g/mol. The summed E-state index contributed by atoms with van der Waals surface area (Å²) in [5.74, 6) is -3.16. The number of rotatable bonds is 3. The Hall–Kier alpha value is -1.46. The summed E-state index contributed by atoms with van der Waals surface area (Å²) in [5.41, 5.74) is -0.0340. The standard InChI is InChI=1S/C9H10O5/c1-13-9(14-2)5-6(8(11)12)3-4-7(9)10/h3-5H,1-2H3,(H,11,12). The molecule has 0 aliphatic heterocycles. The van der Waals surface area contributed by atoms with E-state index in [9.17, 15) is 9.59 Å². The summed E-state index contributed by atoms with van der Waals surface area (Å²) in [6.07, 6.45) is 3.47. The summed E-state index contributed by atoms with van der Waals surface area (Å²) in [5, 5.41) is 8.71. The maximum Gasteiger partial charge on any atom is 0.335 e. The molecule has 0 amide bonds. The van der Waals surface area contributed by atoms with Crippen molar-refractivity contribution in [2.75, 3.05) is 14.2 Å². The number of methoxy groups -OCH3 is 2. The van der Waals surface area contributed by atoms with Crippen LogP contribution in [-0.2, 0) is 19.1 Å². The lowest BCUT2D eigenvalue weighted by Crippen LogP contribution is -2.41. The van der Waals surface area contributed by atoms with E-state index >= 15 is 0 Å². The molecule has 0 radical (unpaired) electrons. The first-order chi connectivity index (χ1) is 6.55. The van der Waals surface area contributed by atoms with E-state index in [4.69, 9.17) is 14.6 Å². The minimum atomic E-state index is -1.59. The molecular formula is C9H10O5. The molecule has 5 heteroatoms. The van der Waals surface area contributed by atoms with Crippen molar-refractivity contribution in [2.24, 2.45) is 0 Å². The van der Waals surface area contributed by atoms with Gasteiger partial charge in [-0.25, -0.2) is 4.79 Å². The van der Waals surface area contributed by atoms with E-state index in [-0.39, 0.29) is 5.57 Å². The molecule has 5 nitrogen and oxygen atoms in total. The van der Waals surface area contributed by atoms with E-state index in [1.807, 2.05) is 0 Å². The van der Waals surface area contributed by atoms with Crippen LogP contribution in [0.5, 0.6) is 0 Å². The molecular weight excluding hydrogens is 188 g/mol. The molecule has 0 atom stereocenters. The number of aliphatic carboxylic acids is 1. The highest BCUT2D eigenvalue weighted by Gasteiger charge is 2.38. The maximum atomic E-state index is 11.4. The molecule has 0 aromatic heterocycles. The van der Waals surface area contributed by atoms with Crippen LogP contribution in [0.4, 0.5) is 0 Å². The number of hydrogen-bond acceptors (Lipinski definition) is 4. The van der Waals surface area contributed by atoms with Gasteiger partial charge in [0.05, 0.1) is 5.57 Å². The second kappa shape index (κ2) is 3.73. The molecule has 0 unspecified atom stereocenters. The first-order valence-corrected chi connectivity index (χ1v) is 3.84. The van der Waals surface area contributed by atoms with Gasteiger partial charge in [0.1, 0.15) is 0 Å². The second-order valence-electron chi connectivity index (χ2n) is 2.68. The third kappa shape index (κ3) is 1.59. The van der Waals surface area contributed by atoms with E-state index in [2.05, 4.69) is 0 Å². The lowest BCUT2D eigenvalue weighted by molar-refractivity contribution is -0.181. The van der Waals surface area contributed by atoms with Crippen LogP contribution in [0.25, 0.3) is 0 Å². The molecule has 0 aromatic carbocycles. The largest absolute Gasteiger partial charge is 0.478 e. The predicted octanol–water partition coefficient (Wildman–Crippen LogP) is 0.125. The van der Waals surface area contributed by atoms with Crippen LogP contribution in [0.1, 0.15) is 0 Å². The van der Waals surface area contributed by atoms with Gasteiger partial charge in [-0.3, -0.25) is 4.79 Å². The van der Waals surface area contributed by atoms with Gasteiger partial charge in [-0.2, -0.15) is 0 Å². The van der Waals surface area contributed by atoms with Gasteiger partial charge < -0.3 is 14.6 Å². The molecule has 1 rings (SSSR count). The zero-order chi connectivity index (χ0) is 10.8. The van der Waals surface area contributed by atoms with Crippen molar-refractivity contribution in [3.63, 3.8) is 0 Å². The number of ether oxygens (including phenoxy) is 2. The normalized spacial score (nSPS) is 19.3. The Morgan fingerprint density at radius 3 is 2.36 bits per heavy atom. The Bertz CT molecular complexity index is 322. The van der Waals surface area contributed by atoms with Crippen molar-refractivity contribution in [2.45, 2.75) is 5.79 Å². The highest BCUT2D eigenvalue weighted by atomic mass is 16.7. The smallest absolute Gasteiger partial charge is 0.335 e. The Balaban J connectivity index is 3.12. The molecule has 0 bridgehead atoms. The fourth-order valence-electron chi connectivity index (χ4n) is 1.14. The van der Waals surface area contributed by atoms with Crippen LogP contribution in [0.2, 0.25) is 0 Å². The molecule has 1 aliphatic carbocycles. The van der Waals surface area contributed by atoms with E-state index in [1.54, 1.807) is 0 Å². The number of ketones is 1. The predicted molar refractivity (Wildman–Crippen MR) is 46.6 cm³/mol. The van der Waals surface area contributed by atoms with Crippen LogP contribution in [0.3, 0.4) is 0 Å².